The van der Waals surface area contributed by atoms with E-state index in [0.29, 0.717) is 19.6 Å². The Morgan fingerprint density at radius 2 is 2.21 bits per heavy atom. The lowest BCUT2D eigenvalue weighted by atomic mass is 9.83. The first-order valence-corrected chi connectivity index (χ1v) is 6.99. The van der Waals surface area contributed by atoms with Crippen molar-refractivity contribution >= 4 is 9.84 Å². The summed E-state index contributed by atoms with van der Waals surface area (Å²) in [6, 6.07) is 0. The Kier molecular flexibility index (Phi) is 3.92. The van der Waals surface area contributed by atoms with Gasteiger partial charge in [-0.1, -0.05) is 0 Å². The molecule has 1 rings (SSSR count). The van der Waals surface area contributed by atoms with E-state index in [-0.39, 0.29) is 11.2 Å². The molecule has 14 heavy (non-hydrogen) atoms. The summed E-state index contributed by atoms with van der Waals surface area (Å²) < 4.78 is 27.2. The van der Waals surface area contributed by atoms with Crippen molar-refractivity contribution in [1.82, 2.24) is 0 Å². The van der Waals surface area contributed by atoms with Crippen LogP contribution in [-0.2, 0) is 14.6 Å². The van der Waals surface area contributed by atoms with E-state index in [4.69, 9.17) is 10.5 Å². The fourth-order valence-corrected chi connectivity index (χ4v) is 2.49. The van der Waals surface area contributed by atoms with Crippen LogP contribution >= 0.6 is 0 Å². The van der Waals surface area contributed by atoms with Crippen LogP contribution in [0.4, 0.5) is 0 Å². The van der Waals surface area contributed by atoms with Crippen molar-refractivity contribution in [2.24, 2.45) is 11.1 Å². The second kappa shape index (κ2) is 4.59. The third-order valence-corrected chi connectivity index (χ3v) is 3.87. The lowest BCUT2D eigenvalue weighted by Gasteiger charge is -2.24. The first-order valence-electron chi connectivity index (χ1n) is 4.93. The Labute approximate surface area is 85.7 Å². The van der Waals surface area contributed by atoms with Gasteiger partial charge in [0.2, 0.25) is 0 Å². The van der Waals surface area contributed by atoms with E-state index in [1.807, 2.05) is 0 Å². The molecule has 0 aliphatic carbocycles. The van der Waals surface area contributed by atoms with Crippen molar-refractivity contribution in [2.45, 2.75) is 19.3 Å². The van der Waals surface area contributed by atoms with Gasteiger partial charge in [0.25, 0.3) is 0 Å². The molecule has 0 aromatic rings. The molecular formula is C9H19NO3S. The van der Waals surface area contributed by atoms with Gasteiger partial charge in [0.15, 0.2) is 0 Å². The highest BCUT2D eigenvalue weighted by Crippen LogP contribution is 2.32. The molecule has 0 bridgehead atoms. The minimum Gasteiger partial charge on any atom is -0.381 e. The van der Waals surface area contributed by atoms with E-state index < -0.39 is 9.84 Å². The van der Waals surface area contributed by atoms with Gasteiger partial charge < -0.3 is 10.5 Å². The normalized spacial score (nSPS) is 28.1. The fourth-order valence-electron chi connectivity index (χ4n) is 1.82. The molecular weight excluding hydrogens is 202 g/mol. The summed E-state index contributed by atoms with van der Waals surface area (Å²) in [6.07, 6.45) is 3.79. The lowest BCUT2D eigenvalue weighted by molar-refractivity contribution is 0.149. The smallest absolute Gasteiger partial charge is 0.147 e. The SMILES string of the molecule is CS(=O)(=O)CCCC1(CN)CCOC1. The predicted molar refractivity (Wildman–Crippen MR) is 55.9 cm³/mol. The van der Waals surface area contributed by atoms with Crippen LogP contribution in [0.15, 0.2) is 0 Å². The topological polar surface area (TPSA) is 69.4 Å². The average Bonchev–Trinajstić information content (AvgIpc) is 2.52. The van der Waals surface area contributed by atoms with Crippen molar-refractivity contribution in [3.63, 3.8) is 0 Å². The van der Waals surface area contributed by atoms with Gasteiger partial charge in [-0.05, 0) is 19.3 Å². The molecule has 0 aromatic carbocycles. The zero-order valence-corrected chi connectivity index (χ0v) is 9.48. The fraction of sp³-hybridized carbons (Fsp3) is 1.00. The molecule has 0 amide bonds. The zero-order chi connectivity index (χ0) is 10.7. The van der Waals surface area contributed by atoms with Crippen molar-refractivity contribution in [2.75, 3.05) is 31.8 Å². The third-order valence-electron chi connectivity index (χ3n) is 2.84. The Balaban J connectivity index is 2.35. The van der Waals surface area contributed by atoms with Gasteiger partial charge in [-0.15, -0.1) is 0 Å². The van der Waals surface area contributed by atoms with E-state index in [0.717, 1.165) is 19.4 Å². The van der Waals surface area contributed by atoms with Crippen LogP contribution in [0.1, 0.15) is 19.3 Å². The average molecular weight is 221 g/mol. The minimum atomic E-state index is -2.83. The quantitative estimate of drug-likeness (QED) is 0.719. The highest BCUT2D eigenvalue weighted by Gasteiger charge is 2.32. The Morgan fingerprint density at radius 3 is 2.64 bits per heavy atom. The van der Waals surface area contributed by atoms with E-state index in [9.17, 15) is 8.42 Å². The Morgan fingerprint density at radius 1 is 1.50 bits per heavy atom. The summed E-state index contributed by atoms with van der Waals surface area (Å²) in [5, 5.41) is 0. The van der Waals surface area contributed by atoms with E-state index >= 15 is 0 Å². The molecule has 1 aliphatic heterocycles. The van der Waals surface area contributed by atoms with Crippen LogP contribution in [0.2, 0.25) is 0 Å². The van der Waals surface area contributed by atoms with E-state index in [1.54, 1.807) is 0 Å². The number of hydrogen-bond donors (Lipinski definition) is 1. The molecule has 0 saturated carbocycles. The molecule has 4 nitrogen and oxygen atoms in total. The summed E-state index contributed by atoms with van der Waals surface area (Å²) >= 11 is 0. The molecule has 5 heteroatoms. The van der Waals surface area contributed by atoms with Crippen LogP contribution in [-0.4, -0.2) is 40.2 Å². The summed E-state index contributed by atoms with van der Waals surface area (Å²) in [5.74, 6) is 0.259. The molecule has 2 N–H and O–H groups in total. The highest BCUT2D eigenvalue weighted by molar-refractivity contribution is 7.90. The summed E-state index contributed by atoms with van der Waals surface area (Å²) in [4.78, 5) is 0. The highest BCUT2D eigenvalue weighted by atomic mass is 32.2. The third kappa shape index (κ3) is 3.55. The van der Waals surface area contributed by atoms with Crippen molar-refractivity contribution < 1.29 is 13.2 Å². The van der Waals surface area contributed by atoms with Gasteiger partial charge in [0.05, 0.1) is 6.61 Å². The molecule has 1 saturated heterocycles. The van der Waals surface area contributed by atoms with Gasteiger partial charge in [0, 0.05) is 30.6 Å². The summed E-state index contributed by atoms with van der Waals surface area (Å²) in [5.41, 5.74) is 5.74. The van der Waals surface area contributed by atoms with Crippen LogP contribution in [0, 0.1) is 5.41 Å². The monoisotopic (exact) mass is 221 g/mol. The first kappa shape index (κ1) is 11.9. The maximum Gasteiger partial charge on any atom is 0.147 e. The van der Waals surface area contributed by atoms with E-state index in [2.05, 4.69) is 0 Å². The number of ether oxygens (including phenoxy) is 1. The van der Waals surface area contributed by atoms with Gasteiger partial charge in [0.1, 0.15) is 9.84 Å². The van der Waals surface area contributed by atoms with Crippen molar-refractivity contribution in [3.8, 4) is 0 Å². The molecule has 1 aliphatic rings. The standard InChI is InChI=1S/C9H19NO3S/c1-14(11,12)6-2-3-9(7-10)4-5-13-8-9/h2-8,10H2,1H3. The summed E-state index contributed by atoms with van der Waals surface area (Å²) in [7, 11) is -2.83. The van der Waals surface area contributed by atoms with Gasteiger partial charge in [-0.3, -0.25) is 0 Å². The second-order valence-electron chi connectivity index (χ2n) is 4.24. The van der Waals surface area contributed by atoms with Gasteiger partial charge in [-0.25, -0.2) is 8.42 Å². The number of sulfone groups is 1. The first-order chi connectivity index (χ1) is 6.47. The minimum absolute atomic E-state index is 0.0463. The van der Waals surface area contributed by atoms with Crippen molar-refractivity contribution in [3.05, 3.63) is 0 Å². The van der Waals surface area contributed by atoms with Crippen LogP contribution in [0.3, 0.4) is 0 Å². The van der Waals surface area contributed by atoms with Gasteiger partial charge >= 0.3 is 0 Å². The van der Waals surface area contributed by atoms with Crippen molar-refractivity contribution in [1.29, 1.82) is 0 Å². The van der Waals surface area contributed by atoms with Crippen LogP contribution in [0.5, 0.6) is 0 Å². The summed E-state index contributed by atoms with van der Waals surface area (Å²) in [6.45, 7) is 2.04. The Bertz CT molecular complexity index is 268. The maximum absolute atomic E-state index is 10.9. The lowest BCUT2D eigenvalue weighted by Crippen LogP contribution is -2.31. The van der Waals surface area contributed by atoms with Crippen LogP contribution < -0.4 is 5.73 Å². The molecule has 0 radical (unpaired) electrons. The number of hydrogen-bond acceptors (Lipinski definition) is 4. The van der Waals surface area contributed by atoms with E-state index in [1.165, 1.54) is 6.26 Å². The molecule has 1 heterocycles. The molecule has 1 atom stereocenters. The second-order valence-corrected chi connectivity index (χ2v) is 6.50. The maximum atomic E-state index is 10.9. The number of rotatable bonds is 5. The Hall–Kier alpha value is -0.130. The largest absolute Gasteiger partial charge is 0.381 e. The van der Waals surface area contributed by atoms with Gasteiger partial charge in [-0.2, -0.15) is 0 Å². The molecule has 84 valence electrons. The molecule has 1 unspecified atom stereocenters. The number of nitrogens with two attached hydrogens (primary N) is 1. The van der Waals surface area contributed by atoms with Crippen LogP contribution in [0.25, 0.3) is 0 Å². The molecule has 1 fully saturated rings. The zero-order valence-electron chi connectivity index (χ0n) is 8.66. The molecule has 0 spiro atoms. The molecule has 0 aromatic heterocycles. The predicted octanol–water partition coefficient (Wildman–Crippen LogP) is 0.177.